The minimum Gasteiger partial charge on any atom is -0.197 e. The summed E-state index contributed by atoms with van der Waals surface area (Å²) in [6, 6.07) is 22.6. The highest BCUT2D eigenvalue weighted by Crippen LogP contribution is 2.38. The number of halogens is 2. The number of alkyl halides is 2. The van der Waals surface area contributed by atoms with Crippen molar-refractivity contribution in [2.45, 2.75) is 16.7 Å². The third-order valence-corrected chi connectivity index (χ3v) is 5.72. The Morgan fingerprint density at radius 2 is 1.40 bits per heavy atom. The highest BCUT2D eigenvalue weighted by Gasteiger charge is 2.36. The second kappa shape index (κ2) is 7.06. The van der Waals surface area contributed by atoms with Crippen LogP contribution in [0.25, 0.3) is 0 Å². The summed E-state index contributed by atoms with van der Waals surface area (Å²) in [5.74, 6) is 0. The van der Waals surface area contributed by atoms with Crippen molar-refractivity contribution < 1.29 is 0 Å². The van der Waals surface area contributed by atoms with Crippen LogP contribution in [0.15, 0.2) is 60.7 Å². The summed E-state index contributed by atoms with van der Waals surface area (Å²) in [5, 5.41) is 10.8. The third kappa shape index (κ3) is 3.13. The molecule has 0 aromatic heterocycles. The maximum Gasteiger partial charge on any atom is 0.108 e. The molecule has 0 aliphatic carbocycles. The van der Waals surface area contributed by atoms with Gasteiger partial charge in [0.15, 0.2) is 0 Å². The molecule has 0 fully saturated rings. The number of hydrogen-bond acceptors (Lipinski definition) is 1. The predicted octanol–water partition coefficient (Wildman–Crippen LogP) is 5.04. The van der Waals surface area contributed by atoms with Gasteiger partial charge >= 0.3 is 0 Å². The fourth-order valence-electron chi connectivity index (χ4n) is 2.41. The minimum absolute atomic E-state index is 0.238. The predicted molar refractivity (Wildman–Crippen MR) is 90.4 cm³/mol. The number of nitriles is 1. The van der Waals surface area contributed by atoms with Crippen LogP contribution in [0, 0.1) is 11.3 Å². The summed E-state index contributed by atoms with van der Waals surface area (Å²) in [6.45, 7) is 0. The van der Waals surface area contributed by atoms with E-state index in [0.29, 0.717) is 0 Å². The zero-order valence-electron chi connectivity index (χ0n) is 11.0. The zero-order chi connectivity index (χ0) is 14.4. The Morgan fingerprint density at radius 3 is 1.75 bits per heavy atom. The van der Waals surface area contributed by atoms with Crippen LogP contribution in [0.5, 0.6) is 0 Å². The van der Waals surface area contributed by atoms with E-state index in [0.717, 1.165) is 22.9 Å². The van der Waals surface area contributed by atoms with E-state index in [-0.39, 0.29) is 4.83 Å². The van der Waals surface area contributed by atoms with Gasteiger partial charge in [-0.2, -0.15) is 5.26 Å². The van der Waals surface area contributed by atoms with E-state index in [1.807, 2.05) is 60.7 Å². The van der Waals surface area contributed by atoms with Crippen LogP contribution in [0.1, 0.15) is 17.5 Å². The monoisotopic (exact) mass is 391 g/mol. The molecule has 20 heavy (non-hydrogen) atoms. The van der Waals surface area contributed by atoms with E-state index in [9.17, 15) is 5.26 Å². The van der Waals surface area contributed by atoms with Gasteiger partial charge in [-0.05, 0) is 17.5 Å². The van der Waals surface area contributed by atoms with Crippen LogP contribution < -0.4 is 0 Å². The lowest BCUT2D eigenvalue weighted by Gasteiger charge is -2.29. The molecule has 102 valence electrons. The number of benzene rings is 2. The quantitative estimate of drug-likeness (QED) is 0.653. The van der Waals surface area contributed by atoms with Gasteiger partial charge in [0.25, 0.3) is 0 Å². The van der Waals surface area contributed by atoms with Crippen LogP contribution in [0.4, 0.5) is 0 Å². The van der Waals surface area contributed by atoms with Gasteiger partial charge in [0.1, 0.15) is 5.41 Å². The number of nitrogens with zero attached hydrogens (tertiary/aromatic N) is 1. The highest BCUT2D eigenvalue weighted by molar-refractivity contribution is 9.12. The molecule has 0 N–H and O–H groups in total. The third-order valence-electron chi connectivity index (χ3n) is 3.42. The van der Waals surface area contributed by atoms with Gasteiger partial charge in [-0.3, -0.25) is 0 Å². The lowest BCUT2D eigenvalue weighted by molar-refractivity contribution is 0.599. The molecule has 0 saturated heterocycles. The molecule has 0 spiro atoms. The first-order valence-corrected chi connectivity index (χ1v) is 8.49. The van der Waals surface area contributed by atoms with Crippen LogP contribution in [0.3, 0.4) is 0 Å². The van der Waals surface area contributed by atoms with Crippen molar-refractivity contribution in [1.82, 2.24) is 0 Å². The van der Waals surface area contributed by atoms with E-state index in [1.165, 1.54) is 0 Å². The molecule has 1 atom stereocenters. The number of hydrogen-bond donors (Lipinski definition) is 0. The van der Waals surface area contributed by atoms with Crippen molar-refractivity contribution in [2.75, 3.05) is 5.33 Å². The lowest BCUT2D eigenvalue weighted by Crippen LogP contribution is -2.29. The summed E-state index contributed by atoms with van der Waals surface area (Å²) in [7, 11) is 0. The smallest absolute Gasteiger partial charge is 0.108 e. The molecule has 0 saturated carbocycles. The topological polar surface area (TPSA) is 23.8 Å². The summed E-state index contributed by atoms with van der Waals surface area (Å²) < 4.78 is 0. The maximum atomic E-state index is 9.94. The van der Waals surface area contributed by atoms with Gasteiger partial charge in [0, 0.05) is 10.2 Å². The molecule has 1 nitrogen and oxygen atoms in total. The molecular formula is C17H15Br2N. The SMILES string of the molecule is N#CC(C[C@H](Br)CBr)(c1ccccc1)c1ccccc1. The highest BCUT2D eigenvalue weighted by atomic mass is 79.9. The van der Waals surface area contributed by atoms with E-state index in [4.69, 9.17) is 0 Å². The first-order chi connectivity index (χ1) is 9.73. The average molecular weight is 393 g/mol. The van der Waals surface area contributed by atoms with Gasteiger partial charge in [-0.25, -0.2) is 0 Å². The molecule has 2 aromatic carbocycles. The van der Waals surface area contributed by atoms with Crippen molar-refractivity contribution in [3.63, 3.8) is 0 Å². The Labute approximate surface area is 136 Å². The Hall–Kier alpha value is -1.11. The van der Waals surface area contributed by atoms with Crippen LogP contribution in [0.2, 0.25) is 0 Å². The molecule has 2 aromatic rings. The van der Waals surface area contributed by atoms with E-state index in [2.05, 4.69) is 37.9 Å². The van der Waals surface area contributed by atoms with Gasteiger partial charge in [0.2, 0.25) is 0 Å². The van der Waals surface area contributed by atoms with Gasteiger partial charge < -0.3 is 0 Å². The average Bonchev–Trinajstić information content (AvgIpc) is 2.54. The van der Waals surface area contributed by atoms with E-state index in [1.54, 1.807) is 0 Å². The van der Waals surface area contributed by atoms with Crippen molar-refractivity contribution in [3.8, 4) is 6.07 Å². The zero-order valence-corrected chi connectivity index (χ0v) is 14.1. The van der Waals surface area contributed by atoms with Crippen LogP contribution in [-0.2, 0) is 5.41 Å². The molecule has 0 aliphatic rings. The summed E-state index contributed by atoms with van der Waals surface area (Å²) in [5.41, 5.74) is 1.46. The Bertz CT molecular complexity index is 535. The Kier molecular flexibility index (Phi) is 5.39. The molecule has 0 bridgehead atoms. The first kappa shape index (κ1) is 15.3. The van der Waals surface area contributed by atoms with E-state index >= 15 is 0 Å². The van der Waals surface area contributed by atoms with E-state index < -0.39 is 5.41 Å². The molecule has 2 rings (SSSR count). The van der Waals surface area contributed by atoms with Crippen molar-refractivity contribution in [3.05, 3.63) is 71.8 Å². The van der Waals surface area contributed by atoms with Crippen molar-refractivity contribution >= 4 is 31.9 Å². The fraction of sp³-hybridized carbons (Fsp3) is 0.235. The van der Waals surface area contributed by atoms with Gasteiger partial charge in [-0.1, -0.05) is 92.5 Å². The van der Waals surface area contributed by atoms with Gasteiger partial charge in [-0.15, -0.1) is 0 Å². The molecule has 0 unspecified atom stereocenters. The standard InChI is InChI=1S/C17H15Br2N/c18-12-16(19)11-17(13-20,14-7-3-1-4-8-14)15-9-5-2-6-10-15/h1-10,16H,11-12H2/t16-/m0/s1. The number of rotatable bonds is 5. The second-order valence-corrected chi connectivity index (χ2v) is 6.65. The molecule has 0 aliphatic heterocycles. The minimum atomic E-state index is -0.621. The summed E-state index contributed by atoms with van der Waals surface area (Å²) in [6.07, 6.45) is 0.725. The van der Waals surface area contributed by atoms with Crippen LogP contribution in [-0.4, -0.2) is 10.2 Å². The van der Waals surface area contributed by atoms with Crippen molar-refractivity contribution in [1.29, 1.82) is 5.26 Å². The largest absolute Gasteiger partial charge is 0.197 e. The lowest BCUT2D eigenvalue weighted by atomic mass is 9.72. The molecule has 0 amide bonds. The Balaban J connectivity index is 2.56. The molecule has 0 radical (unpaired) electrons. The summed E-state index contributed by atoms with van der Waals surface area (Å²) in [4.78, 5) is 0.238. The summed E-state index contributed by atoms with van der Waals surface area (Å²) >= 11 is 7.14. The Morgan fingerprint density at radius 1 is 0.950 bits per heavy atom. The van der Waals surface area contributed by atoms with Crippen LogP contribution >= 0.6 is 31.9 Å². The molecule has 3 heteroatoms. The maximum absolute atomic E-state index is 9.94. The molecular weight excluding hydrogens is 378 g/mol. The van der Waals surface area contributed by atoms with Crippen molar-refractivity contribution in [2.24, 2.45) is 0 Å². The molecule has 0 heterocycles. The normalized spacial score (nSPS) is 12.7. The van der Waals surface area contributed by atoms with Gasteiger partial charge in [0.05, 0.1) is 6.07 Å². The first-order valence-electron chi connectivity index (χ1n) is 6.45. The fourth-order valence-corrected chi connectivity index (χ4v) is 3.12. The second-order valence-electron chi connectivity index (χ2n) is 4.70.